The molecule has 0 radical (unpaired) electrons. The first-order chi connectivity index (χ1) is 21.9. The molecule has 1 heterocycles. The minimum absolute atomic E-state index is 0.0553. The summed E-state index contributed by atoms with van der Waals surface area (Å²) in [5.41, 5.74) is -2.39. The van der Waals surface area contributed by atoms with Gasteiger partial charge in [0.15, 0.2) is 6.29 Å². The highest BCUT2D eigenvalue weighted by atomic mass is 16.7. The average molecular weight is 665 g/mol. The van der Waals surface area contributed by atoms with Crippen LogP contribution in [-0.2, 0) is 23.8 Å². The van der Waals surface area contributed by atoms with E-state index >= 15 is 0 Å². The first-order valence-electron chi connectivity index (χ1n) is 17.5. The molecule has 266 valence electrons. The minimum atomic E-state index is -1.51. The predicted octanol–water partition coefficient (Wildman–Crippen LogP) is 2.79. The van der Waals surface area contributed by atoms with Crippen molar-refractivity contribution in [1.82, 2.24) is 0 Å². The Hall–Kier alpha value is -1.60. The number of fused-ring (bicyclic) bond motifs is 7. The van der Waals surface area contributed by atoms with Gasteiger partial charge in [0, 0.05) is 5.41 Å². The smallest absolute Gasteiger partial charge is 0.311 e. The van der Waals surface area contributed by atoms with Gasteiger partial charge < -0.3 is 44.8 Å². The first kappa shape index (κ1) is 35.2. The lowest BCUT2D eigenvalue weighted by molar-refractivity contribution is -0.328. The van der Waals surface area contributed by atoms with E-state index in [1.165, 1.54) is 7.11 Å². The number of methoxy groups -OCH3 is 1. The zero-order valence-corrected chi connectivity index (χ0v) is 28.8. The Bertz CT molecular complexity index is 1300. The third-order valence-corrected chi connectivity index (χ3v) is 15.3. The Morgan fingerprint density at radius 2 is 1.60 bits per heavy atom. The van der Waals surface area contributed by atoms with Crippen LogP contribution in [0.1, 0.15) is 92.4 Å². The van der Waals surface area contributed by atoms with Gasteiger partial charge in [0.1, 0.15) is 18.3 Å². The molecule has 0 bridgehead atoms. The van der Waals surface area contributed by atoms with Gasteiger partial charge in [-0.2, -0.15) is 0 Å². The molecule has 6 N–H and O–H groups in total. The Kier molecular flexibility index (Phi) is 8.60. The molecular weight excluding hydrogens is 608 g/mol. The third kappa shape index (κ3) is 4.69. The molecule has 11 heteroatoms. The molecule has 5 fully saturated rings. The molecule has 11 nitrogen and oxygen atoms in total. The van der Waals surface area contributed by atoms with E-state index in [1.807, 2.05) is 13.8 Å². The lowest BCUT2D eigenvalue weighted by Crippen LogP contribution is -2.69. The molecule has 47 heavy (non-hydrogen) atoms. The number of rotatable bonds is 5. The highest BCUT2D eigenvalue weighted by Gasteiger charge is 2.71. The largest absolute Gasteiger partial charge is 0.481 e. The number of aliphatic carboxylic acids is 1. The van der Waals surface area contributed by atoms with Crippen LogP contribution in [0, 0.1) is 50.2 Å². The van der Waals surface area contributed by atoms with Gasteiger partial charge in [0.05, 0.1) is 43.4 Å². The van der Waals surface area contributed by atoms with Crippen molar-refractivity contribution in [3.8, 4) is 0 Å². The van der Waals surface area contributed by atoms with E-state index in [0.717, 1.165) is 24.8 Å². The number of esters is 1. The molecule has 6 aliphatic rings. The molecule has 0 aromatic carbocycles. The molecule has 4 saturated carbocycles. The molecule has 0 aromatic heterocycles. The van der Waals surface area contributed by atoms with Gasteiger partial charge in [0.2, 0.25) is 0 Å². The fourth-order valence-electron chi connectivity index (χ4n) is 12.3. The van der Waals surface area contributed by atoms with Crippen molar-refractivity contribution in [1.29, 1.82) is 0 Å². The number of carboxylic acid groups (broad SMARTS) is 1. The Balaban J connectivity index is 1.35. The van der Waals surface area contributed by atoms with Crippen LogP contribution in [0.5, 0.6) is 0 Å². The minimum Gasteiger partial charge on any atom is -0.481 e. The second kappa shape index (κ2) is 11.5. The third-order valence-electron chi connectivity index (χ3n) is 15.3. The number of hydrogen-bond acceptors (Lipinski definition) is 10. The maximum absolute atomic E-state index is 13.1. The summed E-state index contributed by atoms with van der Waals surface area (Å²) in [5.74, 6) is -1.29. The molecule has 1 aliphatic heterocycles. The van der Waals surface area contributed by atoms with Crippen LogP contribution in [0.2, 0.25) is 0 Å². The highest BCUT2D eigenvalue weighted by molar-refractivity contribution is 5.80. The number of carbonyl (C=O) groups excluding carboxylic acids is 1. The van der Waals surface area contributed by atoms with E-state index in [4.69, 9.17) is 14.2 Å². The standard InChI is InChI=1S/C36H56O11/c1-31(30(44)45-6)11-13-36(29(42)43)14-12-34(4)19(20(36)15-31)7-8-24-32(2)16-21(38)27(47-28-26(41)25(40)22(39)17-46-28)33(3,18-37)23(32)9-10-35(24,34)5/h7,20-28,37-41H,8-18H2,1-6H3,(H,42,43)/t20-,21+,22+,23-,24-,25+,26+,27+,28+,31-,32-,33-,34-,35+,36+/m1/s1. The van der Waals surface area contributed by atoms with E-state index < -0.39 is 64.4 Å². The van der Waals surface area contributed by atoms with Gasteiger partial charge in [-0.3, -0.25) is 9.59 Å². The van der Waals surface area contributed by atoms with E-state index in [-0.39, 0.29) is 47.8 Å². The van der Waals surface area contributed by atoms with E-state index in [2.05, 4.69) is 26.8 Å². The van der Waals surface area contributed by atoms with Crippen molar-refractivity contribution in [2.45, 2.75) is 129 Å². The van der Waals surface area contributed by atoms with Crippen LogP contribution < -0.4 is 0 Å². The van der Waals surface area contributed by atoms with Crippen LogP contribution in [-0.4, -0.2) is 99.7 Å². The fraction of sp³-hybridized carbons (Fsp3) is 0.889. The average Bonchev–Trinajstić information content (AvgIpc) is 3.02. The maximum atomic E-state index is 13.1. The number of hydrogen-bond donors (Lipinski definition) is 6. The molecule has 1 saturated heterocycles. The van der Waals surface area contributed by atoms with E-state index in [0.29, 0.717) is 38.5 Å². The fourth-order valence-corrected chi connectivity index (χ4v) is 12.3. The van der Waals surface area contributed by atoms with Crippen molar-refractivity contribution in [2.24, 2.45) is 50.2 Å². The number of ether oxygens (including phenoxy) is 3. The van der Waals surface area contributed by atoms with Gasteiger partial charge in [-0.1, -0.05) is 39.3 Å². The predicted molar refractivity (Wildman–Crippen MR) is 168 cm³/mol. The maximum Gasteiger partial charge on any atom is 0.311 e. The summed E-state index contributed by atoms with van der Waals surface area (Å²) in [7, 11) is 1.40. The summed E-state index contributed by atoms with van der Waals surface area (Å²) in [4.78, 5) is 26.1. The molecule has 0 amide bonds. The normalized spacial score (nSPS) is 54.2. The van der Waals surface area contributed by atoms with E-state index in [9.17, 15) is 40.2 Å². The molecule has 0 aromatic rings. The second-order valence-electron chi connectivity index (χ2n) is 17.3. The first-order valence-corrected chi connectivity index (χ1v) is 17.5. The van der Waals surface area contributed by atoms with Gasteiger partial charge in [-0.05, 0) is 98.7 Å². The summed E-state index contributed by atoms with van der Waals surface area (Å²) in [6.07, 6.45) is 0.204. The number of carboxylic acids is 1. The molecule has 5 aliphatic carbocycles. The lowest BCUT2D eigenvalue weighted by atomic mass is 9.33. The van der Waals surface area contributed by atoms with Crippen LogP contribution >= 0.6 is 0 Å². The summed E-state index contributed by atoms with van der Waals surface area (Å²) in [6, 6.07) is 0. The van der Waals surface area contributed by atoms with Gasteiger partial charge in [-0.15, -0.1) is 0 Å². The molecule has 0 spiro atoms. The van der Waals surface area contributed by atoms with Gasteiger partial charge in [0.25, 0.3) is 0 Å². The van der Waals surface area contributed by atoms with E-state index in [1.54, 1.807) is 0 Å². The number of aliphatic hydroxyl groups excluding tert-OH is 5. The molecule has 0 unspecified atom stereocenters. The molecule has 6 rings (SSSR count). The second-order valence-corrected chi connectivity index (χ2v) is 17.3. The summed E-state index contributed by atoms with van der Waals surface area (Å²) in [6.45, 7) is 10.2. The highest BCUT2D eigenvalue weighted by Crippen LogP contribution is 2.76. The van der Waals surface area contributed by atoms with Gasteiger partial charge >= 0.3 is 11.9 Å². The summed E-state index contributed by atoms with van der Waals surface area (Å²) < 4.78 is 17.0. The van der Waals surface area contributed by atoms with Crippen LogP contribution in [0.25, 0.3) is 0 Å². The topological polar surface area (TPSA) is 183 Å². The zero-order valence-electron chi connectivity index (χ0n) is 28.8. The number of aliphatic hydroxyl groups is 5. The summed E-state index contributed by atoms with van der Waals surface area (Å²) in [5, 5.41) is 64.3. The van der Waals surface area contributed by atoms with Crippen molar-refractivity contribution >= 4 is 11.9 Å². The lowest BCUT2D eigenvalue weighted by Gasteiger charge is -2.71. The van der Waals surface area contributed by atoms with Crippen LogP contribution in [0.15, 0.2) is 11.6 Å². The Labute approximate surface area is 277 Å². The Morgan fingerprint density at radius 1 is 0.915 bits per heavy atom. The summed E-state index contributed by atoms with van der Waals surface area (Å²) >= 11 is 0. The number of carbonyl (C=O) groups is 2. The van der Waals surface area contributed by atoms with Gasteiger partial charge in [-0.25, -0.2) is 0 Å². The quantitative estimate of drug-likeness (QED) is 0.144. The zero-order chi connectivity index (χ0) is 34.5. The molecule has 15 atom stereocenters. The van der Waals surface area contributed by atoms with Crippen LogP contribution in [0.3, 0.4) is 0 Å². The monoisotopic (exact) mass is 664 g/mol. The van der Waals surface area contributed by atoms with Crippen molar-refractivity contribution < 1.29 is 54.4 Å². The Morgan fingerprint density at radius 3 is 2.23 bits per heavy atom. The SMILES string of the molecule is COC(=O)[C@]1(C)CC[C@]2(C(=O)O)CC[C@]3(C)C(=CC[C@@H]4[C@]5(C)C[C@H](O)[C@H](O[C@@H]6OC[C@H](O)[C@H](O)[C@@H]6O)[C@](C)(CO)[C@@H]5CC[C@@]43C)[C@H]2C1. The molecular formula is C36H56O11. The van der Waals surface area contributed by atoms with Crippen molar-refractivity contribution in [2.75, 3.05) is 20.3 Å². The van der Waals surface area contributed by atoms with Crippen molar-refractivity contribution in [3.05, 3.63) is 11.6 Å². The number of allylic oxidation sites excluding steroid dienone is 2. The van der Waals surface area contributed by atoms with Crippen molar-refractivity contribution in [3.63, 3.8) is 0 Å². The van der Waals surface area contributed by atoms with Crippen LogP contribution in [0.4, 0.5) is 0 Å².